The highest BCUT2D eigenvalue weighted by Crippen LogP contribution is 2.34. The fraction of sp³-hybridized carbons (Fsp3) is 0.917. The monoisotopic (exact) mass is 243 g/mol. The van der Waals surface area contributed by atoms with E-state index >= 15 is 0 Å². The molecular weight excluding hydrogens is 222 g/mol. The van der Waals surface area contributed by atoms with Gasteiger partial charge in [0.25, 0.3) is 0 Å². The number of hydrogen-bond acceptors (Lipinski definition) is 4. The maximum Gasteiger partial charge on any atom is 0.326 e. The van der Waals surface area contributed by atoms with Gasteiger partial charge in [0.05, 0.1) is 19.3 Å². The Kier molecular flexibility index (Phi) is 3.70. The summed E-state index contributed by atoms with van der Waals surface area (Å²) in [7, 11) is 1.55. The summed E-state index contributed by atoms with van der Waals surface area (Å²) < 4.78 is 10.8. The van der Waals surface area contributed by atoms with Crippen LogP contribution in [0.1, 0.15) is 26.2 Å². The summed E-state index contributed by atoms with van der Waals surface area (Å²) in [6.45, 7) is 3.26. The molecule has 0 aromatic rings. The summed E-state index contributed by atoms with van der Waals surface area (Å²) in [6.07, 6.45) is 3.40. The minimum Gasteiger partial charge on any atom is -0.480 e. The van der Waals surface area contributed by atoms with Crippen molar-refractivity contribution in [1.29, 1.82) is 0 Å². The SMILES string of the molecule is COCC(C)(C(=O)O)N1CCOC2CCCC21. The van der Waals surface area contributed by atoms with Crippen LogP contribution in [0.2, 0.25) is 0 Å². The second-order valence-corrected chi connectivity index (χ2v) is 5.11. The number of carboxylic acids is 1. The predicted octanol–water partition coefficient (Wildman–Crippen LogP) is 0.729. The van der Waals surface area contributed by atoms with Gasteiger partial charge in [-0.25, -0.2) is 0 Å². The van der Waals surface area contributed by atoms with E-state index in [9.17, 15) is 9.90 Å². The van der Waals surface area contributed by atoms with Gasteiger partial charge in [-0.1, -0.05) is 0 Å². The highest BCUT2D eigenvalue weighted by atomic mass is 16.5. The topological polar surface area (TPSA) is 59.0 Å². The van der Waals surface area contributed by atoms with Crippen molar-refractivity contribution in [2.75, 3.05) is 26.9 Å². The van der Waals surface area contributed by atoms with Crippen LogP contribution in [0.4, 0.5) is 0 Å². The number of carboxylic acid groups (broad SMARTS) is 1. The molecule has 17 heavy (non-hydrogen) atoms. The van der Waals surface area contributed by atoms with Crippen LogP contribution in [-0.4, -0.2) is 60.5 Å². The van der Waals surface area contributed by atoms with Gasteiger partial charge < -0.3 is 14.6 Å². The molecule has 0 spiro atoms. The van der Waals surface area contributed by atoms with Crippen LogP contribution < -0.4 is 0 Å². The number of hydrogen-bond donors (Lipinski definition) is 1. The number of carbonyl (C=O) groups is 1. The number of fused-ring (bicyclic) bond motifs is 1. The molecule has 0 amide bonds. The van der Waals surface area contributed by atoms with Crippen molar-refractivity contribution in [2.24, 2.45) is 0 Å². The Morgan fingerprint density at radius 2 is 2.35 bits per heavy atom. The molecule has 3 unspecified atom stereocenters. The van der Waals surface area contributed by atoms with E-state index < -0.39 is 11.5 Å². The third kappa shape index (κ3) is 2.19. The van der Waals surface area contributed by atoms with Gasteiger partial charge in [0.15, 0.2) is 0 Å². The van der Waals surface area contributed by atoms with E-state index in [1.807, 2.05) is 0 Å². The number of nitrogens with zero attached hydrogens (tertiary/aromatic N) is 1. The summed E-state index contributed by atoms with van der Waals surface area (Å²) in [5, 5.41) is 9.47. The molecule has 0 aromatic heterocycles. The van der Waals surface area contributed by atoms with Crippen LogP contribution in [0.3, 0.4) is 0 Å². The van der Waals surface area contributed by atoms with Crippen molar-refractivity contribution in [3.8, 4) is 0 Å². The molecule has 1 saturated carbocycles. The van der Waals surface area contributed by atoms with E-state index in [1.54, 1.807) is 14.0 Å². The molecule has 3 atom stereocenters. The normalized spacial score (nSPS) is 33.1. The molecule has 1 aliphatic heterocycles. The molecular formula is C12H21NO4. The first-order valence-corrected chi connectivity index (χ1v) is 6.20. The van der Waals surface area contributed by atoms with Gasteiger partial charge in [0.1, 0.15) is 5.54 Å². The van der Waals surface area contributed by atoms with E-state index in [0.717, 1.165) is 19.3 Å². The first-order chi connectivity index (χ1) is 8.09. The summed E-state index contributed by atoms with van der Waals surface area (Å²) in [5.41, 5.74) is -0.939. The summed E-state index contributed by atoms with van der Waals surface area (Å²) in [5.74, 6) is -0.813. The van der Waals surface area contributed by atoms with Crippen molar-refractivity contribution in [1.82, 2.24) is 4.90 Å². The van der Waals surface area contributed by atoms with E-state index in [2.05, 4.69) is 4.90 Å². The quantitative estimate of drug-likeness (QED) is 0.788. The molecule has 2 aliphatic rings. The van der Waals surface area contributed by atoms with E-state index in [0.29, 0.717) is 13.2 Å². The first-order valence-electron chi connectivity index (χ1n) is 6.20. The lowest BCUT2D eigenvalue weighted by Gasteiger charge is -2.46. The van der Waals surface area contributed by atoms with Crippen molar-refractivity contribution in [3.63, 3.8) is 0 Å². The summed E-state index contributed by atoms with van der Waals surface area (Å²) in [6, 6.07) is 0.236. The zero-order valence-electron chi connectivity index (χ0n) is 10.5. The lowest BCUT2D eigenvalue weighted by molar-refractivity contribution is -0.166. The number of aliphatic carboxylic acids is 1. The highest BCUT2D eigenvalue weighted by molar-refractivity contribution is 5.78. The third-order valence-corrected chi connectivity index (χ3v) is 4.00. The molecule has 0 bridgehead atoms. The van der Waals surface area contributed by atoms with Gasteiger partial charge in [-0.2, -0.15) is 0 Å². The van der Waals surface area contributed by atoms with Crippen molar-refractivity contribution >= 4 is 5.97 Å². The Bertz CT molecular complexity index is 296. The zero-order chi connectivity index (χ0) is 12.5. The molecule has 0 aromatic carbocycles. The smallest absolute Gasteiger partial charge is 0.326 e. The summed E-state index contributed by atoms with van der Waals surface area (Å²) in [4.78, 5) is 13.6. The predicted molar refractivity (Wildman–Crippen MR) is 62.0 cm³/mol. The first kappa shape index (κ1) is 12.8. The molecule has 5 nitrogen and oxygen atoms in total. The van der Waals surface area contributed by atoms with Crippen LogP contribution >= 0.6 is 0 Å². The maximum absolute atomic E-state index is 11.5. The Hall–Kier alpha value is -0.650. The number of rotatable bonds is 4. The molecule has 5 heteroatoms. The Morgan fingerprint density at radius 3 is 3.00 bits per heavy atom. The minimum absolute atomic E-state index is 0.208. The molecule has 1 N–H and O–H groups in total. The molecule has 2 fully saturated rings. The fourth-order valence-corrected chi connectivity index (χ4v) is 3.09. The van der Waals surface area contributed by atoms with Crippen molar-refractivity contribution < 1.29 is 19.4 Å². The molecule has 1 heterocycles. The lowest BCUT2D eigenvalue weighted by Crippen LogP contribution is -2.64. The van der Waals surface area contributed by atoms with Gasteiger partial charge >= 0.3 is 5.97 Å². The second kappa shape index (κ2) is 4.92. The van der Waals surface area contributed by atoms with E-state index in [1.165, 1.54) is 0 Å². The maximum atomic E-state index is 11.5. The van der Waals surface area contributed by atoms with Gasteiger partial charge in [-0.15, -0.1) is 0 Å². The Balaban J connectivity index is 2.20. The average Bonchev–Trinajstić information content (AvgIpc) is 2.76. The lowest BCUT2D eigenvalue weighted by atomic mass is 9.96. The third-order valence-electron chi connectivity index (χ3n) is 4.00. The molecule has 0 radical (unpaired) electrons. The van der Waals surface area contributed by atoms with Gasteiger partial charge in [0.2, 0.25) is 0 Å². The fourth-order valence-electron chi connectivity index (χ4n) is 3.09. The summed E-state index contributed by atoms with van der Waals surface area (Å²) >= 11 is 0. The molecule has 2 rings (SSSR count). The largest absolute Gasteiger partial charge is 0.480 e. The standard InChI is InChI=1S/C12H21NO4/c1-12(8-16-2,11(14)15)13-6-7-17-10-5-3-4-9(10)13/h9-10H,3-8H2,1-2H3,(H,14,15). The van der Waals surface area contributed by atoms with Crippen LogP contribution in [0.15, 0.2) is 0 Å². The molecule has 1 aliphatic carbocycles. The van der Waals surface area contributed by atoms with Gasteiger partial charge in [0, 0.05) is 19.7 Å². The molecule has 1 saturated heterocycles. The average molecular weight is 243 g/mol. The zero-order valence-corrected chi connectivity index (χ0v) is 10.5. The van der Waals surface area contributed by atoms with E-state index in [-0.39, 0.29) is 18.8 Å². The van der Waals surface area contributed by atoms with E-state index in [4.69, 9.17) is 9.47 Å². The van der Waals surface area contributed by atoms with Crippen LogP contribution in [0, 0.1) is 0 Å². The van der Waals surface area contributed by atoms with Crippen LogP contribution in [-0.2, 0) is 14.3 Å². The Morgan fingerprint density at radius 1 is 1.59 bits per heavy atom. The number of ether oxygens (including phenoxy) is 2. The molecule has 98 valence electrons. The van der Waals surface area contributed by atoms with Crippen molar-refractivity contribution in [2.45, 2.75) is 43.9 Å². The number of morpholine rings is 1. The van der Waals surface area contributed by atoms with Gasteiger partial charge in [-0.05, 0) is 26.2 Å². The Labute approximate surface area is 102 Å². The second-order valence-electron chi connectivity index (χ2n) is 5.11. The van der Waals surface area contributed by atoms with Crippen LogP contribution in [0.25, 0.3) is 0 Å². The number of methoxy groups -OCH3 is 1. The van der Waals surface area contributed by atoms with Crippen LogP contribution in [0.5, 0.6) is 0 Å². The highest BCUT2D eigenvalue weighted by Gasteiger charge is 2.48. The van der Waals surface area contributed by atoms with Crippen molar-refractivity contribution in [3.05, 3.63) is 0 Å². The minimum atomic E-state index is -0.939. The van der Waals surface area contributed by atoms with Gasteiger partial charge in [-0.3, -0.25) is 9.69 Å².